The van der Waals surface area contributed by atoms with E-state index >= 15 is 0 Å². The van der Waals surface area contributed by atoms with E-state index in [0.29, 0.717) is 0 Å². The van der Waals surface area contributed by atoms with E-state index in [4.69, 9.17) is 4.74 Å². The van der Waals surface area contributed by atoms with Gasteiger partial charge in [0.2, 0.25) is 0 Å². The van der Waals surface area contributed by atoms with Gasteiger partial charge >= 0.3 is 5.97 Å². The molecule has 0 saturated carbocycles. The van der Waals surface area contributed by atoms with Crippen molar-refractivity contribution < 1.29 is 14.3 Å². The Morgan fingerprint density at radius 2 is 1.72 bits per heavy atom. The first kappa shape index (κ1) is 19.2. The number of esters is 1. The molecule has 0 radical (unpaired) electrons. The highest BCUT2D eigenvalue weighted by Crippen LogP contribution is 2.19. The van der Waals surface area contributed by atoms with E-state index < -0.39 is 5.97 Å². The molecule has 0 heterocycles. The summed E-state index contributed by atoms with van der Waals surface area (Å²) in [5.74, 6) is -0.706. The second kappa shape index (κ2) is 9.37. The van der Waals surface area contributed by atoms with Crippen LogP contribution in [-0.2, 0) is 20.7 Å². The molecule has 5 heteroatoms. The van der Waals surface area contributed by atoms with Crippen LogP contribution >= 0.6 is 15.9 Å². The summed E-state index contributed by atoms with van der Waals surface area (Å²) < 4.78 is 6.07. The van der Waals surface area contributed by atoms with E-state index in [1.54, 1.807) is 0 Å². The standard InChI is InChI=1S/C20H22BrNO3/c1-3-18(16-8-10-17(21)11-9-16)22-19(23)13-25-20(24)12-15-6-4-14(2)5-7-15/h4-11,18H,3,12-13H2,1-2H3,(H,22,23)/t18-/m1/s1. The molecule has 0 unspecified atom stereocenters. The highest BCUT2D eigenvalue weighted by molar-refractivity contribution is 9.10. The van der Waals surface area contributed by atoms with Gasteiger partial charge in [0.05, 0.1) is 12.5 Å². The average molecular weight is 404 g/mol. The van der Waals surface area contributed by atoms with Crippen molar-refractivity contribution in [2.45, 2.75) is 32.7 Å². The second-order valence-electron chi connectivity index (χ2n) is 5.90. The Bertz CT molecular complexity index is 711. The van der Waals surface area contributed by atoms with Crippen LogP contribution in [0, 0.1) is 6.92 Å². The summed E-state index contributed by atoms with van der Waals surface area (Å²) in [5.41, 5.74) is 3.03. The van der Waals surface area contributed by atoms with Gasteiger partial charge in [-0.25, -0.2) is 0 Å². The maximum Gasteiger partial charge on any atom is 0.310 e. The Balaban J connectivity index is 1.81. The second-order valence-corrected chi connectivity index (χ2v) is 6.82. The number of carbonyl (C=O) groups is 2. The van der Waals surface area contributed by atoms with Crippen LogP contribution in [-0.4, -0.2) is 18.5 Å². The maximum absolute atomic E-state index is 12.1. The fourth-order valence-electron chi connectivity index (χ4n) is 2.42. The number of hydrogen-bond donors (Lipinski definition) is 1. The van der Waals surface area contributed by atoms with E-state index in [0.717, 1.165) is 27.6 Å². The van der Waals surface area contributed by atoms with Gasteiger partial charge in [0.25, 0.3) is 5.91 Å². The molecule has 2 aromatic rings. The van der Waals surface area contributed by atoms with E-state index in [1.807, 2.05) is 62.4 Å². The quantitative estimate of drug-likeness (QED) is 0.707. The van der Waals surface area contributed by atoms with Crippen LogP contribution in [0.4, 0.5) is 0 Å². The summed E-state index contributed by atoms with van der Waals surface area (Å²) in [7, 11) is 0. The van der Waals surface area contributed by atoms with Crippen LogP contribution in [0.25, 0.3) is 0 Å². The highest BCUT2D eigenvalue weighted by atomic mass is 79.9. The first-order valence-electron chi connectivity index (χ1n) is 8.24. The minimum Gasteiger partial charge on any atom is -0.455 e. The number of hydrogen-bond acceptors (Lipinski definition) is 3. The van der Waals surface area contributed by atoms with Gasteiger partial charge in [-0.1, -0.05) is 64.8 Å². The predicted molar refractivity (Wildman–Crippen MR) is 101 cm³/mol. The number of nitrogens with one attached hydrogen (secondary N) is 1. The normalized spacial score (nSPS) is 11.6. The summed E-state index contributed by atoms with van der Waals surface area (Å²) in [6.07, 6.45) is 0.919. The van der Waals surface area contributed by atoms with E-state index in [-0.39, 0.29) is 25.0 Å². The number of halogens is 1. The molecule has 0 saturated heterocycles. The van der Waals surface area contributed by atoms with Crippen molar-refractivity contribution in [1.82, 2.24) is 5.32 Å². The lowest BCUT2D eigenvalue weighted by molar-refractivity contribution is -0.148. The van der Waals surface area contributed by atoms with Crippen molar-refractivity contribution in [3.05, 3.63) is 69.7 Å². The van der Waals surface area contributed by atoms with Gasteiger partial charge in [-0.2, -0.15) is 0 Å². The lowest BCUT2D eigenvalue weighted by Gasteiger charge is -2.17. The summed E-state index contributed by atoms with van der Waals surface area (Å²) in [6, 6.07) is 15.4. The van der Waals surface area contributed by atoms with Crippen LogP contribution in [0.15, 0.2) is 53.0 Å². The van der Waals surface area contributed by atoms with Crippen molar-refractivity contribution in [3.8, 4) is 0 Å². The van der Waals surface area contributed by atoms with E-state index in [9.17, 15) is 9.59 Å². The maximum atomic E-state index is 12.1. The van der Waals surface area contributed by atoms with Crippen molar-refractivity contribution in [3.63, 3.8) is 0 Å². The topological polar surface area (TPSA) is 55.4 Å². The molecular formula is C20H22BrNO3. The Kier molecular flexibility index (Phi) is 7.19. The predicted octanol–water partition coefficient (Wildman–Crippen LogP) is 4.11. The molecule has 25 heavy (non-hydrogen) atoms. The Morgan fingerprint density at radius 1 is 1.08 bits per heavy atom. The Labute approximate surface area is 156 Å². The van der Waals surface area contributed by atoms with E-state index in [2.05, 4.69) is 21.2 Å². The zero-order valence-electron chi connectivity index (χ0n) is 14.4. The minimum atomic E-state index is -0.407. The highest BCUT2D eigenvalue weighted by Gasteiger charge is 2.14. The van der Waals surface area contributed by atoms with Crippen molar-refractivity contribution in [2.75, 3.05) is 6.61 Å². The van der Waals surface area contributed by atoms with Crippen molar-refractivity contribution in [1.29, 1.82) is 0 Å². The van der Waals surface area contributed by atoms with Gasteiger partial charge in [-0.3, -0.25) is 9.59 Å². The van der Waals surface area contributed by atoms with E-state index in [1.165, 1.54) is 0 Å². The number of benzene rings is 2. The van der Waals surface area contributed by atoms with Gasteiger partial charge in [-0.05, 0) is 36.6 Å². The SMILES string of the molecule is CC[C@@H](NC(=O)COC(=O)Cc1ccc(C)cc1)c1ccc(Br)cc1. The Morgan fingerprint density at radius 3 is 2.32 bits per heavy atom. The number of aryl methyl sites for hydroxylation is 1. The van der Waals surface area contributed by atoms with Gasteiger partial charge in [0.15, 0.2) is 6.61 Å². The fourth-order valence-corrected chi connectivity index (χ4v) is 2.69. The summed E-state index contributed by atoms with van der Waals surface area (Å²) >= 11 is 3.39. The third-order valence-corrected chi connectivity index (χ3v) is 4.38. The summed E-state index contributed by atoms with van der Waals surface area (Å²) in [5, 5.41) is 2.90. The van der Waals surface area contributed by atoms with Gasteiger partial charge in [-0.15, -0.1) is 0 Å². The molecule has 2 rings (SSSR count). The molecule has 4 nitrogen and oxygen atoms in total. The third kappa shape index (κ3) is 6.35. The molecule has 0 fully saturated rings. The van der Waals surface area contributed by atoms with Crippen molar-refractivity contribution in [2.24, 2.45) is 0 Å². The van der Waals surface area contributed by atoms with Crippen LogP contribution in [0.2, 0.25) is 0 Å². The lowest BCUT2D eigenvalue weighted by atomic mass is 10.0. The monoisotopic (exact) mass is 403 g/mol. The molecule has 0 bridgehead atoms. The fraction of sp³-hybridized carbons (Fsp3) is 0.300. The number of amides is 1. The zero-order chi connectivity index (χ0) is 18.2. The molecule has 0 aliphatic heterocycles. The number of carbonyl (C=O) groups excluding carboxylic acids is 2. The molecular weight excluding hydrogens is 382 g/mol. The molecule has 1 atom stereocenters. The molecule has 0 aromatic heterocycles. The van der Waals surface area contributed by atoms with Crippen LogP contribution < -0.4 is 5.32 Å². The smallest absolute Gasteiger partial charge is 0.310 e. The summed E-state index contributed by atoms with van der Waals surface area (Å²) in [4.78, 5) is 23.9. The largest absolute Gasteiger partial charge is 0.455 e. The van der Waals surface area contributed by atoms with Gasteiger partial charge in [0.1, 0.15) is 0 Å². The number of rotatable bonds is 7. The van der Waals surface area contributed by atoms with Gasteiger partial charge in [0, 0.05) is 4.47 Å². The molecule has 132 valence electrons. The van der Waals surface area contributed by atoms with Crippen LogP contribution in [0.1, 0.15) is 36.1 Å². The van der Waals surface area contributed by atoms with Crippen LogP contribution in [0.5, 0.6) is 0 Å². The van der Waals surface area contributed by atoms with Gasteiger partial charge < -0.3 is 10.1 Å². The molecule has 2 aromatic carbocycles. The Hall–Kier alpha value is -2.14. The lowest BCUT2D eigenvalue weighted by Crippen LogP contribution is -2.32. The molecule has 0 aliphatic rings. The number of ether oxygens (including phenoxy) is 1. The third-order valence-electron chi connectivity index (χ3n) is 3.85. The molecule has 0 spiro atoms. The first-order valence-corrected chi connectivity index (χ1v) is 9.03. The molecule has 0 aliphatic carbocycles. The summed E-state index contributed by atoms with van der Waals surface area (Å²) in [6.45, 7) is 3.72. The average Bonchev–Trinajstić information content (AvgIpc) is 2.61. The zero-order valence-corrected chi connectivity index (χ0v) is 16.0. The van der Waals surface area contributed by atoms with Crippen LogP contribution in [0.3, 0.4) is 0 Å². The first-order chi connectivity index (χ1) is 12.0. The minimum absolute atomic E-state index is 0.101. The molecule has 1 amide bonds. The van der Waals surface area contributed by atoms with Crippen molar-refractivity contribution >= 4 is 27.8 Å². The molecule has 1 N–H and O–H groups in total.